The van der Waals surface area contributed by atoms with Crippen molar-refractivity contribution in [1.82, 2.24) is 19.9 Å². The second-order valence-electron chi connectivity index (χ2n) is 9.90. The number of rotatable bonds is 4. The van der Waals surface area contributed by atoms with Gasteiger partial charge in [0.2, 0.25) is 0 Å². The molecule has 168 valence electrons. The SMILES string of the molecule is O=C(NCC12CC3CC(CC(C3)C1)C2)c1cc2nc(-c3ccco3)cc(C(F)(F)F)n2n1. The van der Waals surface area contributed by atoms with Gasteiger partial charge in [-0.15, -0.1) is 0 Å². The van der Waals surface area contributed by atoms with Crippen LogP contribution in [0.2, 0.25) is 0 Å². The lowest BCUT2D eigenvalue weighted by molar-refractivity contribution is -0.142. The maximum atomic E-state index is 13.7. The molecule has 9 heteroatoms. The van der Waals surface area contributed by atoms with Crippen molar-refractivity contribution >= 4 is 11.6 Å². The van der Waals surface area contributed by atoms with Gasteiger partial charge in [-0.2, -0.15) is 18.3 Å². The average Bonchev–Trinajstić information content (AvgIpc) is 3.39. The minimum Gasteiger partial charge on any atom is -0.463 e. The molecule has 4 aliphatic rings. The number of alkyl halides is 3. The number of amides is 1. The fourth-order valence-corrected chi connectivity index (χ4v) is 6.70. The van der Waals surface area contributed by atoms with Gasteiger partial charge in [-0.05, 0) is 79.9 Å². The quantitative estimate of drug-likeness (QED) is 0.618. The van der Waals surface area contributed by atoms with E-state index in [4.69, 9.17) is 4.42 Å². The van der Waals surface area contributed by atoms with E-state index >= 15 is 0 Å². The Bertz CT molecular complexity index is 1150. The third kappa shape index (κ3) is 3.29. The van der Waals surface area contributed by atoms with Crippen LogP contribution in [0, 0.1) is 23.2 Å². The second kappa shape index (κ2) is 6.83. The zero-order valence-electron chi connectivity index (χ0n) is 17.4. The van der Waals surface area contributed by atoms with Crippen LogP contribution in [0.1, 0.15) is 54.7 Å². The van der Waals surface area contributed by atoms with Crippen LogP contribution in [0.15, 0.2) is 34.9 Å². The van der Waals surface area contributed by atoms with Crippen molar-refractivity contribution in [3.8, 4) is 11.5 Å². The van der Waals surface area contributed by atoms with Crippen molar-refractivity contribution in [2.24, 2.45) is 23.2 Å². The molecule has 0 unspecified atom stereocenters. The Labute approximate surface area is 182 Å². The highest BCUT2D eigenvalue weighted by molar-refractivity contribution is 5.93. The Hall–Kier alpha value is -2.84. The third-order valence-corrected chi connectivity index (χ3v) is 7.51. The molecule has 3 aromatic rings. The number of aromatic nitrogens is 3. The highest BCUT2D eigenvalue weighted by Crippen LogP contribution is 2.59. The van der Waals surface area contributed by atoms with Gasteiger partial charge in [0, 0.05) is 12.6 Å². The third-order valence-electron chi connectivity index (χ3n) is 7.51. The molecule has 0 saturated heterocycles. The van der Waals surface area contributed by atoms with Crippen molar-refractivity contribution in [1.29, 1.82) is 0 Å². The lowest BCUT2D eigenvalue weighted by atomic mass is 9.49. The molecule has 0 aromatic carbocycles. The Morgan fingerprint density at radius 1 is 1.16 bits per heavy atom. The van der Waals surface area contributed by atoms with Gasteiger partial charge in [-0.25, -0.2) is 9.50 Å². The molecule has 3 heterocycles. The lowest BCUT2D eigenvalue weighted by Gasteiger charge is -2.56. The number of hydrogen-bond acceptors (Lipinski definition) is 4. The van der Waals surface area contributed by atoms with E-state index < -0.39 is 17.8 Å². The van der Waals surface area contributed by atoms with Crippen LogP contribution in [0.3, 0.4) is 0 Å². The standard InChI is InChI=1S/C23H23F3N4O2/c24-23(25,26)19-7-16(18-2-1-3-32-18)28-20-8-17(29-30(19)20)21(31)27-12-22-9-13-4-14(10-22)6-15(5-13)11-22/h1-3,7-8,13-15H,4-6,9-12H2,(H,27,31). The van der Waals surface area contributed by atoms with Gasteiger partial charge >= 0.3 is 6.18 Å². The van der Waals surface area contributed by atoms with Crippen LogP contribution < -0.4 is 5.32 Å². The van der Waals surface area contributed by atoms with Crippen LogP contribution in [-0.2, 0) is 6.18 Å². The predicted octanol–water partition coefficient (Wildman–Crippen LogP) is 4.95. The maximum absolute atomic E-state index is 13.7. The van der Waals surface area contributed by atoms with Crippen molar-refractivity contribution in [2.45, 2.75) is 44.7 Å². The molecule has 4 saturated carbocycles. The largest absolute Gasteiger partial charge is 0.463 e. The van der Waals surface area contributed by atoms with Crippen molar-refractivity contribution < 1.29 is 22.4 Å². The van der Waals surface area contributed by atoms with Crippen molar-refractivity contribution in [3.05, 3.63) is 41.9 Å². The van der Waals surface area contributed by atoms with Crippen molar-refractivity contribution in [2.75, 3.05) is 6.54 Å². The molecule has 1 amide bonds. The Balaban J connectivity index is 1.28. The summed E-state index contributed by atoms with van der Waals surface area (Å²) in [7, 11) is 0. The highest BCUT2D eigenvalue weighted by Gasteiger charge is 2.50. The number of halogens is 3. The van der Waals surface area contributed by atoms with Crippen LogP contribution in [0.4, 0.5) is 13.2 Å². The van der Waals surface area contributed by atoms with Crippen LogP contribution in [0.5, 0.6) is 0 Å². The first kappa shape index (κ1) is 19.8. The van der Waals surface area contributed by atoms with Crippen molar-refractivity contribution in [3.63, 3.8) is 0 Å². The van der Waals surface area contributed by atoms with E-state index in [2.05, 4.69) is 15.4 Å². The molecule has 7 rings (SSSR count). The van der Waals surface area contributed by atoms with Gasteiger partial charge in [0.25, 0.3) is 5.91 Å². The Morgan fingerprint density at radius 2 is 1.84 bits per heavy atom. The molecule has 0 spiro atoms. The summed E-state index contributed by atoms with van der Waals surface area (Å²) in [4.78, 5) is 17.1. The summed E-state index contributed by atoms with van der Waals surface area (Å²) in [5, 5.41) is 6.93. The van der Waals surface area contributed by atoms with E-state index in [-0.39, 0.29) is 28.2 Å². The molecule has 4 fully saturated rings. The first-order valence-corrected chi connectivity index (χ1v) is 11.1. The summed E-state index contributed by atoms with van der Waals surface area (Å²) in [6, 6.07) is 5.30. The number of furan rings is 1. The topological polar surface area (TPSA) is 72.4 Å². The summed E-state index contributed by atoms with van der Waals surface area (Å²) < 4.78 is 47.0. The molecule has 6 nitrogen and oxygen atoms in total. The number of nitrogens with one attached hydrogen (secondary N) is 1. The number of fused-ring (bicyclic) bond motifs is 1. The fourth-order valence-electron chi connectivity index (χ4n) is 6.70. The number of carbonyl (C=O) groups excluding carboxylic acids is 1. The summed E-state index contributed by atoms with van der Waals surface area (Å²) in [6.45, 7) is 0.556. The molecular weight excluding hydrogens is 421 g/mol. The van der Waals surface area contributed by atoms with Gasteiger partial charge in [0.05, 0.1) is 6.26 Å². The minimum atomic E-state index is -4.67. The van der Waals surface area contributed by atoms with Crippen LogP contribution in [-0.4, -0.2) is 27.0 Å². The van der Waals surface area contributed by atoms with E-state index in [1.165, 1.54) is 37.7 Å². The Morgan fingerprint density at radius 3 is 2.44 bits per heavy atom. The smallest absolute Gasteiger partial charge is 0.433 e. The number of carbonyl (C=O) groups is 1. The van der Waals surface area contributed by atoms with E-state index in [0.717, 1.165) is 43.1 Å². The summed E-state index contributed by atoms with van der Waals surface area (Å²) in [5.41, 5.74) is -0.953. The van der Waals surface area contributed by atoms with E-state index in [1.807, 2.05) is 0 Å². The molecule has 32 heavy (non-hydrogen) atoms. The normalized spacial score (nSPS) is 29.0. The van der Waals surface area contributed by atoms with Gasteiger partial charge in [-0.1, -0.05) is 0 Å². The lowest BCUT2D eigenvalue weighted by Crippen LogP contribution is -2.51. The van der Waals surface area contributed by atoms with E-state index in [9.17, 15) is 18.0 Å². The molecule has 0 atom stereocenters. The van der Waals surface area contributed by atoms with E-state index in [1.54, 1.807) is 6.07 Å². The maximum Gasteiger partial charge on any atom is 0.433 e. The molecule has 4 bridgehead atoms. The summed E-state index contributed by atoms with van der Waals surface area (Å²) in [5.74, 6) is 2.02. The Kier molecular flexibility index (Phi) is 4.23. The second-order valence-corrected chi connectivity index (χ2v) is 9.90. The molecular formula is C23H23F3N4O2. The molecule has 3 aromatic heterocycles. The molecule has 0 aliphatic heterocycles. The predicted molar refractivity (Wildman–Crippen MR) is 109 cm³/mol. The van der Waals surface area contributed by atoms with Gasteiger partial charge in [0.1, 0.15) is 5.69 Å². The molecule has 1 N–H and O–H groups in total. The van der Waals surface area contributed by atoms with Gasteiger partial charge < -0.3 is 9.73 Å². The molecule has 4 aliphatic carbocycles. The zero-order chi connectivity index (χ0) is 22.1. The minimum absolute atomic E-state index is 0.0373. The number of nitrogens with zero attached hydrogens (tertiary/aromatic N) is 3. The monoisotopic (exact) mass is 444 g/mol. The molecule has 0 radical (unpaired) electrons. The first-order valence-electron chi connectivity index (χ1n) is 11.1. The van der Waals surface area contributed by atoms with Gasteiger partial charge in [-0.3, -0.25) is 4.79 Å². The zero-order valence-corrected chi connectivity index (χ0v) is 17.4. The fraction of sp³-hybridized carbons (Fsp3) is 0.522. The number of hydrogen-bond donors (Lipinski definition) is 1. The van der Waals surface area contributed by atoms with Crippen LogP contribution >= 0.6 is 0 Å². The summed E-state index contributed by atoms with van der Waals surface area (Å²) in [6.07, 6.45) is 4.04. The van der Waals surface area contributed by atoms with E-state index in [0.29, 0.717) is 11.1 Å². The first-order chi connectivity index (χ1) is 15.3. The summed E-state index contributed by atoms with van der Waals surface area (Å²) >= 11 is 0. The van der Waals surface area contributed by atoms with Gasteiger partial charge in [0.15, 0.2) is 22.8 Å². The van der Waals surface area contributed by atoms with Crippen LogP contribution in [0.25, 0.3) is 17.1 Å². The highest BCUT2D eigenvalue weighted by atomic mass is 19.4. The average molecular weight is 444 g/mol.